The first-order valence-electron chi connectivity index (χ1n) is 6.75. The molecule has 0 unspecified atom stereocenters. The third-order valence-electron chi connectivity index (χ3n) is 3.51. The third kappa shape index (κ3) is 3.36. The van der Waals surface area contributed by atoms with Crippen molar-refractivity contribution >= 4 is 0 Å². The number of aryl methyl sites for hydroxylation is 2. The van der Waals surface area contributed by atoms with Crippen LogP contribution in [0.4, 0.5) is 4.39 Å². The average Bonchev–Trinajstić information content (AvgIpc) is 2.42. The summed E-state index contributed by atoms with van der Waals surface area (Å²) in [6.07, 6.45) is 0. The molecule has 0 aliphatic rings. The molecule has 0 aromatic heterocycles. The Bertz CT molecular complexity index is 587. The molecule has 0 saturated heterocycles. The minimum Gasteiger partial charge on any atom is -0.507 e. The zero-order valence-electron chi connectivity index (χ0n) is 12.1. The molecule has 0 amide bonds. The lowest BCUT2D eigenvalue weighted by Crippen LogP contribution is -2.18. The Morgan fingerprint density at radius 3 is 2.40 bits per heavy atom. The van der Waals surface area contributed by atoms with Crippen LogP contribution < -0.4 is 5.32 Å². The van der Waals surface area contributed by atoms with Crippen LogP contribution in [-0.4, -0.2) is 5.11 Å². The predicted molar refractivity (Wildman–Crippen MR) is 79.2 cm³/mol. The zero-order chi connectivity index (χ0) is 14.7. The molecular weight excluding hydrogens is 253 g/mol. The summed E-state index contributed by atoms with van der Waals surface area (Å²) in [5, 5.41) is 13.1. The highest BCUT2D eigenvalue weighted by Crippen LogP contribution is 2.23. The Morgan fingerprint density at radius 2 is 1.80 bits per heavy atom. The van der Waals surface area contributed by atoms with Gasteiger partial charge in [-0.15, -0.1) is 0 Å². The van der Waals surface area contributed by atoms with Gasteiger partial charge >= 0.3 is 0 Å². The predicted octanol–water partition coefficient (Wildman–Crippen LogP) is 4.00. The van der Waals surface area contributed by atoms with Gasteiger partial charge in [-0.25, -0.2) is 4.39 Å². The molecule has 0 fully saturated rings. The van der Waals surface area contributed by atoms with Crippen LogP contribution in [0, 0.1) is 19.7 Å². The molecule has 0 radical (unpaired) electrons. The lowest BCUT2D eigenvalue weighted by molar-refractivity contribution is 0.466. The molecule has 2 N–H and O–H groups in total. The summed E-state index contributed by atoms with van der Waals surface area (Å²) < 4.78 is 13.2. The highest BCUT2D eigenvalue weighted by atomic mass is 19.1. The van der Waals surface area contributed by atoms with E-state index in [4.69, 9.17) is 0 Å². The second-order valence-electron chi connectivity index (χ2n) is 5.24. The Morgan fingerprint density at radius 1 is 1.15 bits per heavy atom. The highest BCUT2D eigenvalue weighted by molar-refractivity contribution is 5.42. The van der Waals surface area contributed by atoms with Crippen molar-refractivity contribution in [1.29, 1.82) is 0 Å². The van der Waals surface area contributed by atoms with Crippen LogP contribution in [0.25, 0.3) is 0 Å². The molecule has 0 spiro atoms. The Hall–Kier alpha value is -1.87. The molecule has 2 aromatic rings. The van der Waals surface area contributed by atoms with Gasteiger partial charge < -0.3 is 10.4 Å². The summed E-state index contributed by atoms with van der Waals surface area (Å²) in [5.74, 6) is 0.138. The lowest BCUT2D eigenvalue weighted by atomic mass is 10.0. The van der Waals surface area contributed by atoms with E-state index in [1.54, 1.807) is 12.1 Å². The number of halogens is 1. The third-order valence-corrected chi connectivity index (χ3v) is 3.51. The van der Waals surface area contributed by atoms with Gasteiger partial charge in [-0.1, -0.05) is 24.3 Å². The molecule has 0 bridgehead atoms. The summed E-state index contributed by atoms with van der Waals surface area (Å²) in [7, 11) is 0. The van der Waals surface area contributed by atoms with Gasteiger partial charge in [-0.05, 0) is 55.2 Å². The van der Waals surface area contributed by atoms with Crippen molar-refractivity contribution in [2.45, 2.75) is 33.4 Å². The van der Waals surface area contributed by atoms with Crippen molar-refractivity contribution in [1.82, 2.24) is 5.32 Å². The quantitative estimate of drug-likeness (QED) is 0.882. The Kier molecular flexibility index (Phi) is 4.40. The summed E-state index contributed by atoms with van der Waals surface area (Å²) in [4.78, 5) is 0. The van der Waals surface area contributed by atoms with E-state index in [1.165, 1.54) is 6.07 Å². The van der Waals surface area contributed by atoms with Gasteiger partial charge in [-0.2, -0.15) is 0 Å². The van der Waals surface area contributed by atoms with Crippen LogP contribution in [0.3, 0.4) is 0 Å². The normalized spacial score (nSPS) is 12.4. The van der Waals surface area contributed by atoms with Crippen LogP contribution in [0.15, 0.2) is 36.4 Å². The van der Waals surface area contributed by atoms with Crippen LogP contribution in [0.2, 0.25) is 0 Å². The molecule has 20 heavy (non-hydrogen) atoms. The van der Waals surface area contributed by atoms with Crippen molar-refractivity contribution in [3.05, 3.63) is 64.5 Å². The topological polar surface area (TPSA) is 32.3 Å². The van der Waals surface area contributed by atoms with E-state index in [0.29, 0.717) is 12.3 Å². The van der Waals surface area contributed by atoms with Crippen LogP contribution >= 0.6 is 0 Å². The molecule has 2 nitrogen and oxygen atoms in total. The van der Waals surface area contributed by atoms with Crippen LogP contribution in [-0.2, 0) is 6.54 Å². The number of phenols is 1. The van der Waals surface area contributed by atoms with Crippen LogP contribution in [0.1, 0.15) is 35.2 Å². The second kappa shape index (κ2) is 6.06. The molecular formula is C17H20FNO. The van der Waals surface area contributed by atoms with Gasteiger partial charge in [0.15, 0.2) is 0 Å². The van der Waals surface area contributed by atoms with Gasteiger partial charge in [-0.3, -0.25) is 0 Å². The van der Waals surface area contributed by atoms with Crippen molar-refractivity contribution in [2.75, 3.05) is 0 Å². The largest absolute Gasteiger partial charge is 0.507 e. The number of hydrogen-bond donors (Lipinski definition) is 2. The van der Waals surface area contributed by atoms with Gasteiger partial charge in [0.05, 0.1) is 0 Å². The number of rotatable bonds is 4. The van der Waals surface area contributed by atoms with Gasteiger partial charge in [0.1, 0.15) is 11.6 Å². The monoisotopic (exact) mass is 273 g/mol. The minimum atomic E-state index is -0.215. The first-order chi connectivity index (χ1) is 9.47. The van der Waals surface area contributed by atoms with Crippen molar-refractivity contribution < 1.29 is 9.50 Å². The fourth-order valence-electron chi connectivity index (χ4n) is 2.31. The van der Waals surface area contributed by atoms with Crippen molar-refractivity contribution in [3.63, 3.8) is 0 Å². The lowest BCUT2D eigenvalue weighted by Gasteiger charge is -2.15. The first kappa shape index (κ1) is 14.5. The SMILES string of the molecule is Cc1cc(CN[C@@H](C)c2cccc(F)c2)cc(C)c1O. The van der Waals surface area contributed by atoms with E-state index in [2.05, 4.69) is 5.32 Å². The molecule has 3 heteroatoms. The number of benzene rings is 2. The summed E-state index contributed by atoms with van der Waals surface area (Å²) in [6, 6.07) is 10.6. The van der Waals surface area contributed by atoms with Gasteiger partial charge in [0.25, 0.3) is 0 Å². The number of phenolic OH excluding ortho intramolecular Hbond substituents is 1. The van der Waals surface area contributed by atoms with Gasteiger partial charge in [0.2, 0.25) is 0 Å². The Labute approximate surface area is 119 Å². The molecule has 0 aliphatic carbocycles. The van der Waals surface area contributed by atoms with Gasteiger partial charge in [0, 0.05) is 12.6 Å². The standard InChI is InChI=1S/C17H20FNO/c1-11-7-14(8-12(2)17(11)20)10-19-13(3)15-5-4-6-16(18)9-15/h4-9,13,19-20H,10H2,1-3H3/t13-/m0/s1. The molecule has 0 heterocycles. The zero-order valence-corrected chi connectivity index (χ0v) is 12.1. The van der Waals surface area contributed by atoms with Crippen LogP contribution in [0.5, 0.6) is 5.75 Å². The maximum atomic E-state index is 13.2. The molecule has 1 atom stereocenters. The van der Waals surface area contributed by atoms with E-state index >= 15 is 0 Å². The molecule has 106 valence electrons. The number of hydrogen-bond acceptors (Lipinski definition) is 2. The maximum Gasteiger partial charge on any atom is 0.123 e. The molecule has 2 aromatic carbocycles. The number of nitrogens with one attached hydrogen (secondary N) is 1. The fraction of sp³-hybridized carbons (Fsp3) is 0.294. The minimum absolute atomic E-state index is 0.0696. The maximum absolute atomic E-state index is 13.2. The van der Waals surface area contributed by atoms with E-state index in [0.717, 1.165) is 22.3 Å². The van der Waals surface area contributed by atoms with E-state index in [1.807, 2.05) is 39.0 Å². The van der Waals surface area contributed by atoms with Crippen molar-refractivity contribution in [3.8, 4) is 5.75 Å². The van der Waals surface area contributed by atoms with E-state index < -0.39 is 0 Å². The smallest absolute Gasteiger partial charge is 0.123 e. The first-order valence-corrected chi connectivity index (χ1v) is 6.75. The second-order valence-corrected chi connectivity index (χ2v) is 5.24. The summed E-state index contributed by atoms with van der Waals surface area (Å²) in [5.41, 5.74) is 3.79. The summed E-state index contributed by atoms with van der Waals surface area (Å²) >= 11 is 0. The highest BCUT2D eigenvalue weighted by Gasteiger charge is 2.07. The average molecular weight is 273 g/mol. The molecule has 2 rings (SSSR count). The van der Waals surface area contributed by atoms with Crippen molar-refractivity contribution in [2.24, 2.45) is 0 Å². The summed E-state index contributed by atoms with van der Waals surface area (Å²) in [6.45, 7) is 6.47. The van der Waals surface area contributed by atoms with E-state index in [9.17, 15) is 9.50 Å². The fourth-order valence-corrected chi connectivity index (χ4v) is 2.31. The Balaban J connectivity index is 2.05. The number of aromatic hydroxyl groups is 1. The molecule has 0 aliphatic heterocycles. The molecule has 0 saturated carbocycles. The van der Waals surface area contributed by atoms with E-state index in [-0.39, 0.29) is 11.9 Å².